The number of nitrogens with zero attached hydrogens (tertiary/aromatic N) is 2. The number of methoxy groups -OCH3 is 1. The van der Waals surface area contributed by atoms with Crippen molar-refractivity contribution in [2.24, 2.45) is 5.92 Å². The van der Waals surface area contributed by atoms with Gasteiger partial charge in [0, 0.05) is 48.2 Å². The zero-order valence-corrected chi connectivity index (χ0v) is 16.7. The molecule has 1 aromatic heterocycles. The maximum absolute atomic E-state index is 12.3. The van der Waals surface area contributed by atoms with Gasteiger partial charge >= 0.3 is 0 Å². The van der Waals surface area contributed by atoms with E-state index in [9.17, 15) is 4.79 Å². The van der Waals surface area contributed by atoms with Crippen molar-refractivity contribution in [2.45, 2.75) is 39.5 Å². The highest BCUT2D eigenvalue weighted by Gasteiger charge is 2.28. The number of hydrogen-bond donors (Lipinski definition) is 1. The van der Waals surface area contributed by atoms with Crippen molar-refractivity contribution in [1.29, 1.82) is 0 Å². The summed E-state index contributed by atoms with van der Waals surface area (Å²) in [5.74, 6) is 1.80. The Hall–Kier alpha value is -2.56. The predicted molar refractivity (Wildman–Crippen MR) is 109 cm³/mol. The van der Waals surface area contributed by atoms with E-state index in [0.717, 1.165) is 48.0 Å². The van der Waals surface area contributed by atoms with Crippen LogP contribution in [0.5, 0.6) is 5.75 Å². The van der Waals surface area contributed by atoms with Gasteiger partial charge in [0.25, 0.3) is 0 Å². The van der Waals surface area contributed by atoms with Gasteiger partial charge in [0.1, 0.15) is 5.75 Å². The number of anilines is 2. The molecule has 5 nitrogen and oxygen atoms in total. The summed E-state index contributed by atoms with van der Waals surface area (Å²) in [7, 11) is 1.66. The molecule has 0 spiro atoms. The van der Waals surface area contributed by atoms with Crippen LogP contribution >= 0.6 is 0 Å². The second kappa shape index (κ2) is 8.42. The Morgan fingerprint density at radius 2 is 2.00 bits per heavy atom. The van der Waals surface area contributed by atoms with E-state index >= 15 is 0 Å². The molecule has 0 radical (unpaired) electrons. The highest BCUT2D eigenvalue weighted by molar-refractivity contribution is 5.76. The third kappa shape index (κ3) is 5.00. The van der Waals surface area contributed by atoms with Gasteiger partial charge in [-0.1, -0.05) is 13.8 Å². The number of rotatable bonds is 6. The second-order valence-electron chi connectivity index (χ2n) is 7.70. The van der Waals surface area contributed by atoms with E-state index in [1.54, 1.807) is 7.11 Å². The Labute approximate surface area is 161 Å². The molecule has 5 heteroatoms. The molecule has 1 aliphatic heterocycles. The number of amides is 1. The fourth-order valence-electron chi connectivity index (χ4n) is 3.52. The van der Waals surface area contributed by atoms with Crippen LogP contribution in [0.15, 0.2) is 36.4 Å². The van der Waals surface area contributed by atoms with Crippen LogP contribution in [0.2, 0.25) is 0 Å². The third-order valence-corrected chi connectivity index (χ3v) is 4.89. The lowest BCUT2D eigenvalue weighted by molar-refractivity contribution is -0.130. The molecule has 1 unspecified atom stereocenters. The molecular formula is C22H29N3O2. The number of ether oxygens (including phenoxy) is 1. The Balaban J connectivity index is 1.70. The SMILES string of the molecule is COc1ccc(Nc2cc(C)nc(C3CCN(C(=O)CC(C)C)C3)c2)cc1. The molecule has 3 rings (SSSR count). The van der Waals surface area contributed by atoms with E-state index in [0.29, 0.717) is 18.3 Å². The number of benzene rings is 1. The fraction of sp³-hybridized carbons (Fsp3) is 0.455. The van der Waals surface area contributed by atoms with Crippen LogP contribution in [0, 0.1) is 12.8 Å². The lowest BCUT2D eigenvalue weighted by atomic mass is 10.0. The van der Waals surface area contributed by atoms with Crippen LogP contribution in [-0.4, -0.2) is 36.0 Å². The summed E-state index contributed by atoms with van der Waals surface area (Å²) >= 11 is 0. The summed E-state index contributed by atoms with van der Waals surface area (Å²) in [6, 6.07) is 12.0. The van der Waals surface area contributed by atoms with Crippen LogP contribution in [0.3, 0.4) is 0 Å². The Morgan fingerprint density at radius 3 is 2.67 bits per heavy atom. The maximum Gasteiger partial charge on any atom is 0.222 e. The first-order chi connectivity index (χ1) is 12.9. The number of aromatic nitrogens is 1. The number of hydrogen-bond acceptors (Lipinski definition) is 4. The van der Waals surface area contributed by atoms with Gasteiger partial charge in [-0.25, -0.2) is 0 Å². The number of carbonyl (C=O) groups is 1. The molecular weight excluding hydrogens is 338 g/mol. The lowest BCUT2D eigenvalue weighted by Crippen LogP contribution is -2.29. The van der Waals surface area contributed by atoms with Crippen molar-refractivity contribution in [3.8, 4) is 5.75 Å². The van der Waals surface area contributed by atoms with Crippen molar-refractivity contribution in [3.05, 3.63) is 47.8 Å². The van der Waals surface area contributed by atoms with Crippen molar-refractivity contribution >= 4 is 17.3 Å². The predicted octanol–water partition coefficient (Wildman–Crippen LogP) is 4.50. The van der Waals surface area contributed by atoms with Gasteiger partial charge in [0.2, 0.25) is 5.91 Å². The molecule has 1 N–H and O–H groups in total. The summed E-state index contributed by atoms with van der Waals surface area (Å²) in [5.41, 5.74) is 4.07. The normalized spacial score (nSPS) is 16.6. The maximum atomic E-state index is 12.3. The number of carbonyl (C=O) groups excluding carboxylic acids is 1. The highest BCUT2D eigenvalue weighted by Crippen LogP contribution is 2.30. The molecule has 0 aliphatic carbocycles. The smallest absolute Gasteiger partial charge is 0.222 e. The van der Waals surface area contributed by atoms with Gasteiger partial charge in [0.15, 0.2) is 0 Å². The van der Waals surface area contributed by atoms with Crippen molar-refractivity contribution in [3.63, 3.8) is 0 Å². The van der Waals surface area contributed by atoms with Crippen LogP contribution in [0.4, 0.5) is 11.4 Å². The fourth-order valence-corrected chi connectivity index (χ4v) is 3.52. The molecule has 1 saturated heterocycles. The van der Waals surface area contributed by atoms with E-state index in [4.69, 9.17) is 9.72 Å². The van der Waals surface area contributed by atoms with E-state index in [1.807, 2.05) is 42.2 Å². The minimum absolute atomic E-state index is 0.261. The van der Waals surface area contributed by atoms with Crippen molar-refractivity contribution in [1.82, 2.24) is 9.88 Å². The van der Waals surface area contributed by atoms with Crippen LogP contribution < -0.4 is 10.1 Å². The number of pyridine rings is 1. The largest absolute Gasteiger partial charge is 0.497 e. The highest BCUT2D eigenvalue weighted by atomic mass is 16.5. The Morgan fingerprint density at radius 1 is 1.26 bits per heavy atom. The molecule has 1 aliphatic rings. The van der Waals surface area contributed by atoms with Crippen LogP contribution in [0.25, 0.3) is 0 Å². The van der Waals surface area contributed by atoms with Gasteiger partial charge in [-0.05, 0) is 55.7 Å². The van der Waals surface area contributed by atoms with E-state index in [1.165, 1.54) is 0 Å². The minimum Gasteiger partial charge on any atom is -0.497 e. The number of likely N-dealkylation sites (tertiary alicyclic amines) is 1. The first-order valence-electron chi connectivity index (χ1n) is 9.62. The summed E-state index contributed by atoms with van der Waals surface area (Å²) in [5, 5.41) is 3.44. The summed E-state index contributed by atoms with van der Waals surface area (Å²) < 4.78 is 5.21. The number of nitrogens with one attached hydrogen (secondary N) is 1. The Bertz CT molecular complexity index is 787. The van der Waals surface area contributed by atoms with Gasteiger partial charge in [-0.2, -0.15) is 0 Å². The quantitative estimate of drug-likeness (QED) is 0.816. The average molecular weight is 367 g/mol. The lowest BCUT2D eigenvalue weighted by Gasteiger charge is -2.18. The third-order valence-electron chi connectivity index (χ3n) is 4.89. The molecule has 1 amide bonds. The van der Waals surface area contributed by atoms with Crippen molar-refractivity contribution < 1.29 is 9.53 Å². The molecule has 144 valence electrons. The zero-order valence-electron chi connectivity index (χ0n) is 16.7. The topological polar surface area (TPSA) is 54.5 Å². The van der Waals surface area contributed by atoms with Crippen LogP contribution in [-0.2, 0) is 4.79 Å². The summed E-state index contributed by atoms with van der Waals surface area (Å²) in [4.78, 5) is 19.1. The van der Waals surface area contributed by atoms with Gasteiger partial charge < -0.3 is 15.0 Å². The van der Waals surface area contributed by atoms with Gasteiger partial charge in [-0.3, -0.25) is 9.78 Å². The molecule has 1 aromatic carbocycles. The standard InChI is InChI=1S/C22H29N3O2/c1-15(2)11-22(26)25-10-9-17(14-25)21-13-19(12-16(3)23-21)24-18-5-7-20(27-4)8-6-18/h5-8,12-13,15,17H,9-11,14H2,1-4H3,(H,23,24). The average Bonchev–Trinajstić information content (AvgIpc) is 3.12. The molecule has 2 heterocycles. The summed E-state index contributed by atoms with van der Waals surface area (Å²) in [6.07, 6.45) is 1.60. The van der Waals surface area contributed by atoms with E-state index in [-0.39, 0.29) is 5.91 Å². The van der Waals surface area contributed by atoms with Gasteiger partial charge in [-0.15, -0.1) is 0 Å². The molecule has 0 bridgehead atoms. The molecule has 27 heavy (non-hydrogen) atoms. The summed E-state index contributed by atoms with van der Waals surface area (Å²) in [6.45, 7) is 7.78. The van der Waals surface area contributed by atoms with Crippen molar-refractivity contribution in [2.75, 3.05) is 25.5 Å². The molecule has 1 atom stereocenters. The Kier molecular flexibility index (Phi) is 5.99. The van der Waals surface area contributed by atoms with Gasteiger partial charge in [0.05, 0.1) is 7.11 Å². The number of aryl methyl sites for hydroxylation is 1. The monoisotopic (exact) mass is 367 g/mol. The first-order valence-corrected chi connectivity index (χ1v) is 9.62. The van der Waals surface area contributed by atoms with E-state index < -0.39 is 0 Å². The molecule has 0 saturated carbocycles. The second-order valence-corrected chi connectivity index (χ2v) is 7.70. The minimum atomic E-state index is 0.261. The molecule has 1 fully saturated rings. The molecule has 2 aromatic rings. The van der Waals surface area contributed by atoms with E-state index in [2.05, 4.69) is 25.2 Å². The van der Waals surface area contributed by atoms with Crippen LogP contribution in [0.1, 0.15) is 44.0 Å². The first kappa shape index (κ1) is 19.2. The zero-order chi connectivity index (χ0) is 19.4.